The highest BCUT2D eigenvalue weighted by Gasteiger charge is 2.51. The van der Waals surface area contributed by atoms with Crippen LogP contribution in [0.3, 0.4) is 0 Å². The van der Waals surface area contributed by atoms with Crippen LogP contribution in [0, 0.1) is 5.92 Å². The Morgan fingerprint density at radius 1 is 1.15 bits per heavy atom. The number of aliphatic hydroxyl groups is 1. The molecule has 10 nitrogen and oxygen atoms in total. The summed E-state index contributed by atoms with van der Waals surface area (Å²) in [5, 5.41) is 14.2. The highest BCUT2D eigenvalue weighted by Crippen LogP contribution is 2.38. The van der Waals surface area contributed by atoms with Crippen molar-refractivity contribution in [3.63, 3.8) is 0 Å². The van der Waals surface area contributed by atoms with E-state index in [4.69, 9.17) is 13.6 Å². The molecule has 3 saturated heterocycles. The van der Waals surface area contributed by atoms with Gasteiger partial charge in [-0.15, -0.1) is 0 Å². The number of anilines is 1. The molecule has 0 aliphatic carbocycles. The van der Waals surface area contributed by atoms with Crippen LogP contribution in [0.1, 0.15) is 24.0 Å². The van der Waals surface area contributed by atoms with E-state index < -0.39 is 17.7 Å². The van der Waals surface area contributed by atoms with Crippen LogP contribution in [0.25, 0.3) is 0 Å². The number of quaternary nitrogens is 1. The molecule has 3 aromatic heterocycles. The number of aromatic nitrogens is 2. The average molecular weight is 533 g/mol. The number of amides is 1. The number of hydrogen-bond donors (Lipinski definition) is 2. The minimum absolute atomic E-state index is 0. The van der Waals surface area contributed by atoms with E-state index in [9.17, 15) is 14.7 Å². The lowest BCUT2D eigenvalue weighted by molar-refractivity contribution is -0.939. The standard InChI is InChI=1S/C23H24N4O6.BrH/c28-21(26-20-1-6-24-15-25-20)12-27-7-2-16(3-8-27)19(11-27)33-22(29)23(30,17-4-9-31-13-17)18-5-10-32-14-18;/h1,4-6,9-10,13-16,19,30H,2-3,7-8,11-12H2;1H/t16?,19-,27?;/m0./s1. The minimum Gasteiger partial charge on any atom is -1.00 e. The Hall–Kier alpha value is -3.02. The fourth-order valence-electron chi connectivity index (χ4n) is 4.99. The highest BCUT2D eigenvalue weighted by atomic mass is 79.9. The zero-order chi connectivity index (χ0) is 22.9. The summed E-state index contributed by atoms with van der Waals surface area (Å²) >= 11 is 0. The number of nitrogens with one attached hydrogen (secondary N) is 1. The fraction of sp³-hybridized carbons (Fsp3) is 0.391. The maximum atomic E-state index is 13.3. The number of hydrogen-bond acceptors (Lipinski definition) is 8. The zero-order valence-electron chi connectivity index (χ0n) is 18.3. The second-order valence-electron chi connectivity index (χ2n) is 8.79. The second-order valence-corrected chi connectivity index (χ2v) is 8.79. The van der Waals surface area contributed by atoms with E-state index in [1.807, 2.05) is 0 Å². The summed E-state index contributed by atoms with van der Waals surface area (Å²) in [7, 11) is 0. The van der Waals surface area contributed by atoms with Gasteiger partial charge in [0.1, 0.15) is 18.7 Å². The van der Waals surface area contributed by atoms with Gasteiger partial charge in [-0.3, -0.25) is 4.79 Å². The first-order valence-corrected chi connectivity index (χ1v) is 10.9. The SMILES string of the molecule is O=C(C[N+]12CCC(CC1)[C@@H](OC(=O)C(O)(c1ccoc1)c1ccoc1)C2)Nc1ccncn1.[Br-]. The summed E-state index contributed by atoms with van der Waals surface area (Å²) in [6.07, 6.45) is 9.63. The number of ether oxygens (including phenoxy) is 1. The number of piperidine rings is 3. The number of carbonyl (C=O) groups is 2. The van der Waals surface area contributed by atoms with Gasteiger partial charge in [0.05, 0.1) is 38.1 Å². The summed E-state index contributed by atoms with van der Waals surface area (Å²) in [6.45, 7) is 2.45. The number of fused-ring (bicyclic) bond motifs is 3. The Bertz CT molecular complexity index is 1060. The van der Waals surface area contributed by atoms with Crippen molar-refractivity contribution in [3.05, 3.63) is 66.9 Å². The molecule has 0 saturated carbocycles. The van der Waals surface area contributed by atoms with Gasteiger partial charge in [0.2, 0.25) is 5.60 Å². The van der Waals surface area contributed by atoms with Crippen LogP contribution in [0.5, 0.6) is 0 Å². The predicted octanol–water partition coefficient (Wildman–Crippen LogP) is -1.31. The molecule has 11 heteroatoms. The first kappa shape index (κ1) is 24.1. The Labute approximate surface area is 206 Å². The third-order valence-corrected chi connectivity index (χ3v) is 6.80. The monoisotopic (exact) mass is 532 g/mol. The molecule has 2 N–H and O–H groups in total. The third-order valence-electron chi connectivity index (χ3n) is 6.80. The zero-order valence-corrected chi connectivity index (χ0v) is 19.9. The molecule has 0 spiro atoms. The maximum absolute atomic E-state index is 13.3. The number of esters is 1. The number of nitrogens with zero attached hydrogens (tertiary/aromatic N) is 3. The summed E-state index contributed by atoms with van der Waals surface area (Å²) in [5.41, 5.74) is -1.51. The summed E-state index contributed by atoms with van der Waals surface area (Å²) < 4.78 is 16.7. The summed E-state index contributed by atoms with van der Waals surface area (Å²) in [5.74, 6) is -0.287. The van der Waals surface area contributed by atoms with Gasteiger partial charge >= 0.3 is 5.97 Å². The van der Waals surface area contributed by atoms with Crippen molar-refractivity contribution in [1.29, 1.82) is 0 Å². The van der Waals surface area contributed by atoms with Gasteiger partial charge < -0.3 is 45.5 Å². The van der Waals surface area contributed by atoms with Crippen LogP contribution in [0.15, 0.2) is 64.6 Å². The largest absolute Gasteiger partial charge is 1.00 e. The van der Waals surface area contributed by atoms with E-state index in [0.717, 1.165) is 25.9 Å². The molecule has 6 rings (SSSR count). The molecule has 6 heterocycles. The quantitative estimate of drug-likeness (QED) is 0.283. The summed E-state index contributed by atoms with van der Waals surface area (Å²) in [6, 6.07) is 4.68. The molecule has 3 aliphatic rings. The topological polar surface area (TPSA) is 128 Å². The van der Waals surface area contributed by atoms with Crippen molar-refractivity contribution in [3.8, 4) is 0 Å². The van der Waals surface area contributed by atoms with Crippen LogP contribution in [0.2, 0.25) is 0 Å². The molecule has 34 heavy (non-hydrogen) atoms. The predicted molar refractivity (Wildman–Crippen MR) is 113 cm³/mol. The van der Waals surface area contributed by atoms with Gasteiger partial charge in [0, 0.05) is 36.1 Å². The van der Waals surface area contributed by atoms with Crippen molar-refractivity contribution < 1.29 is 49.7 Å². The maximum Gasteiger partial charge on any atom is 0.348 e. The normalized spacial score (nSPS) is 23.7. The van der Waals surface area contributed by atoms with Gasteiger partial charge in [0.25, 0.3) is 5.91 Å². The molecule has 0 unspecified atom stereocenters. The molecule has 1 atom stereocenters. The van der Waals surface area contributed by atoms with Crippen molar-refractivity contribution in [2.75, 3.05) is 31.5 Å². The molecule has 3 fully saturated rings. The van der Waals surface area contributed by atoms with Gasteiger partial charge in [-0.1, -0.05) is 0 Å². The molecule has 2 bridgehead atoms. The van der Waals surface area contributed by atoms with Crippen molar-refractivity contribution in [2.24, 2.45) is 5.92 Å². The number of furan rings is 2. The Balaban J connectivity index is 0.00000274. The van der Waals surface area contributed by atoms with Crippen LogP contribution in [-0.4, -0.2) is 63.7 Å². The van der Waals surface area contributed by atoms with Crippen molar-refractivity contribution >= 4 is 17.7 Å². The first-order chi connectivity index (χ1) is 16.0. The van der Waals surface area contributed by atoms with Gasteiger partial charge in [-0.05, 0) is 18.2 Å². The van der Waals surface area contributed by atoms with Crippen LogP contribution in [0.4, 0.5) is 5.82 Å². The van der Waals surface area contributed by atoms with E-state index in [1.54, 1.807) is 12.3 Å². The number of rotatable bonds is 7. The molecule has 3 aromatic rings. The number of carbonyl (C=O) groups excluding carboxylic acids is 2. The Morgan fingerprint density at radius 2 is 1.82 bits per heavy atom. The molecule has 0 radical (unpaired) electrons. The Kier molecular flexibility index (Phi) is 6.87. The van der Waals surface area contributed by atoms with Crippen molar-refractivity contribution in [1.82, 2.24) is 9.97 Å². The minimum atomic E-state index is -2.04. The van der Waals surface area contributed by atoms with Crippen LogP contribution < -0.4 is 22.3 Å². The van der Waals surface area contributed by atoms with E-state index in [0.29, 0.717) is 16.8 Å². The van der Waals surface area contributed by atoms with E-state index >= 15 is 0 Å². The summed E-state index contributed by atoms with van der Waals surface area (Å²) in [4.78, 5) is 33.9. The lowest BCUT2D eigenvalue weighted by atomic mass is 9.82. The van der Waals surface area contributed by atoms with Crippen LogP contribution >= 0.6 is 0 Å². The molecule has 180 valence electrons. The fourth-order valence-corrected chi connectivity index (χ4v) is 4.99. The Morgan fingerprint density at radius 3 is 2.38 bits per heavy atom. The van der Waals surface area contributed by atoms with E-state index in [1.165, 1.54) is 43.5 Å². The molecular weight excluding hydrogens is 508 g/mol. The number of halogens is 1. The lowest BCUT2D eigenvalue weighted by Gasteiger charge is -2.51. The smallest absolute Gasteiger partial charge is 0.348 e. The van der Waals surface area contributed by atoms with E-state index in [-0.39, 0.29) is 46.5 Å². The second kappa shape index (κ2) is 9.69. The lowest BCUT2D eigenvalue weighted by Crippen LogP contribution is -3.00. The van der Waals surface area contributed by atoms with Gasteiger partial charge in [-0.2, -0.15) is 0 Å². The molecule has 1 amide bonds. The van der Waals surface area contributed by atoms with E-state index in [2.05, 4.69) is 15.3 Å². The van der Waals surface area contributed by atoms with Crippen LogP contribution in [-0.2, 0) is 19.9 Å². The van der Waals surface area contributed by atoms with Gasteiger partial charge in [0.15, 0.2) is 12.6 Å². The van der Waals surface area contributed by atoms with Gasteiger partial charge in [-0.25, -0.2) is 14.8 Å². The first-order valence-electron chi connectivity index (χ1n) is 10.9. The molecule has 3 aliphatic heterocycles. The average Bonchev–Trinajstić information content (AvgIpc) is 3.54. The highest BCUT2D eigenvalue weighted by molar-refractivity contribution is 5.90. The van der Waals surface area contributed by atoms with Crippen molar-refractivity contribution in [2.45, 2.75) is 24.5 Å². The molecular formula is C23H25BrN4O6. The molecule has 0 aromatic carbocycles. The third kappa shape index (κ3) is 4.50.